The Hall–Kier alpha value is -1.84. The zero-order valence-corrected chi connectivity index (χ0v) is 9.12. The smallest absolute Gasteiger partial charge is 0.283 e. The molecule has 2 rings (SSSR count). The van der Waals surface area contributed by atoms with Crippen molar-refractivity contribution in [1.29, 1.82) is 0 Å². The Kier molecular flexibility index (Phi) is 2.88. The molecule has 0 fully saturated rings. The molecule has 0 heterocycles. The summed E-state index contributed by atoms with van der Waals surface area (Å²) >= 11 is 0. The van der Waals surface area contributed by atoms with E-state index in [-0.39, 0.29) is 5.56 Å². The Morgan fingerprint density at radius 3 is 2.29 bits per heavy atom. The predicted octanol–water partition coefficient (Wildman–Crippen LogP) is 3.82. The number of halogens is 3. The van der Waals surface area contributed by atoms with Crippen molar-refractivity contribution >= 4 is 16.5 Å². The zero-order chi connectivity index (χ0) is 12.5. The van der Waals surface area contributed by atoms with Gasteiger partial charge in [0.25, 0.3) is 0 Å². The zero-order valence-electron chi connectivity index (χ0n) is 9.12. The molecule has 0 aliphatic carbocycles. The minimum Gasteiger partial charge on any atom is -0.283 e. The van der Waals surface area contributed by atoms with Crippen LogP contribution in [-0.2, 0) is 0 Å². The number of benzene rings is 2. The third-order valence-electron chi connectivity index (χ3n) is 2.54. The third-order valence-corrected chi connectivity index (χ3v) is 2.54. The van der Waals surface area contributed by atoms with Gasteiger partial charge in [-0.25, -0.2) is 0 Å². The summed E-state index contributed by atoms with van der Waals surface area (Å²) in [6, 6.07) is 11.8. The Bertz CT molecular complexity index is 565. The highest BCUT2D eigenvalue weighted by atomic mass is 19.4. The number of hydrogen-bond acceptors (Lipinski definition) is 1. The first-order valence-electron chi connectivity index (χ1n) is 5.06. The number of hydrogen-bond donors (Lipinski definition) is 0. The Balaban J connectivity index is 2.71. The maximum Gasteiger partial charge on any atom is 0.433 e. The quantitative estimate of drug-likeness (QED) is 0.668. The molecule has 0 aromatic heterocycles. The van der Waals surface area contributed by atoms with Gasteiger partial charge in [0.15, 0.2) is 0 Å². The van der Waals surface area contributed by atoms with Gasteiger partial charge in [-0.15, -0.1) is 0 Å². The molecule has 2 aromatic rings. The molecule has 0 saturated carbocycles. The molecule has 88 valence electrons. The van der Waals surface area contributed by atoms with E-state index in [0.29, 0.717) is 5.39 Å². The highest BCUT2D eigenvalue weighted by Crippen LogP contribution is 2.27. The van der Waals surface area contributed by atoms with E-state index in [1.165, 1.54) is 6.07 Å². The van der Waals surface area contributed by atoms with Crippen LogP contribution in [-0.4, -0.2) is 18.9 Å². The molecule has 0 unspecified atom stereocenters. The first-order chi connectivity index (χ1) is 8.04. The second-order valence-corrected chi connectivity index (χ2v) is 3.60. The molecule has 0 amide bonds. The minimum absolute atomic E-state index is 0.123. The first-order valence-corrected chi connectivity index (χ1v) is 5.06. The second kappa shape index (κ2) is 4.20. The van der Waals surface area contributed by atoms with Gasteiger partial charge in [-0.1, -0.05) is 42.5 Å². The summed E-state index contributed by atoms with van der Waals surface area (Å²) in [5.74, 6) is 0. The first kappa shape index (κ1) is 11.6. The molecule has 0 bridgehead atoms. The maximum absolute atomic E-state index is 12.8. The fraction of sp³-hybridized carbons (Fsp3) is 0.154. The van der Waals surface area contributed by atoms with Crippen LogP contribution in [0.5, 0.6) is 0 Å². The van der Waals surface area contributed by atoms with Crippen LogP contribution in [0.4, 0.5) is 13.2 Å². The number of rotatable bonds is 1. The summed E-state index contributed by atoms with van der Waals surface area (Å²) in [7, 11) is 1.16. The van der Waals surface area contributed by atoms with Crippen molar-refractivity contribution in [2.24, 2.45) is 4.99 Å². The summed E-state index contributed by atoms with van der Waals surface area (Å²) in [5, 5.41) is 1.34. The van der Waals surface area contributed by atoms with E-state index in [0.717, 1.165) is 12.4 Å². The van der Waals surface area contributed by atoms with Gasteiger partial charge in [0.1, 0.15) is 5.71 Å². The van der Waals surface area contributed by atoms with E-state index in [1.54, 1.807) is 36.4 Å². The lowest BCUT2D eigenvalue weighted by Crippen LogP contribution is -2.24. The molecule has 2 aromatic carbocycles. The van der Waals surface area contributed by atoms with E-state index < -0.39 is 11.9 Å². The molecule has 4 heteroatoms. The van der Waals surface area contributed by atoms with Gasteiger partial charge in [-0.3, -0.25) is 4.99 Å². The van der Waals surface area contributed by atoms with Gasteiger partial charge in [0.2, 0.25) is 0 Å². The molecule has 0 aliphatic rings. The number of aliphatic imine (C=N–C) groups is 1. The summed E-state index contributed by atoms with van der Waals surface area (Å²) in [6.07, 6.45) is -4.43. The van der Waals surface area contributed by atoms with Crippen molar-refractivity contribution in [3.05, 3.63) is 48.0 Å². The molecule has 0 radical (unpaired) electrons. The van der Waals surface area contributed by atoms with Gasteiger partial charge in [-0.2, -0.15) is 13.2 Å². The lowest BCUT2D eigenvalue weighted by Gasteiger charge is -2.12. The van der Waals surface area contributed by atoms with E-state index in [9.17, 15) is 13.2 Å². The average molecular weight is 237 g/mol. The molecule has 0 aliphatic heterocycles. The van der Waals surface area contributed by atoms with Gasteiger partial charge in [0.05, 0.1) is 0 Å². The molecule has 0 spiro atoms. The maximum atomic E-state index is 12.8. The molecule has 0 N–H and O–H groups in total. The molecular weight excluding hydrogens is 227 g/mol. The molecular formula is C13H10F3N. The average Bonchev–Trinajstić information content (AvgIpc) is 2.28. The molecule has 0 atom stereocenters. The third kappa shape index (κ3) is 2.16. The van der Waals surface area contributed by atoms with Crippen LogP contribution in [0.3, 0.4) is 0 Å². The van der Waals surface area contributed by atoms with Crippen LogP contribution < -0.4 is 0 Å². The van der Waals surface area contributed by atoms with Gasteiger partial charge >= 0.3 is 6.18 Å². The van der Waals surface area contributed by atoms with Gasteiger partial charge in [0, 0.05) is 12.6 Å². The Morgan fingerprint density at radius 1 is 1.00 bits per heavy atom. The predicted molar refractivity (Wildman–Crippen MR) is 62.5 cm³/mol. The molecule has 1 nitrogen and oxygen atoms in total. The van der Waals surface area contributed by atoms with Crippen LogP contribution in [0.25, 0.3) is 10.8 Å². The molecule has 0 saturated heterocycles. The topological polar surface area (TPSA) is 12.4 Å². The fourth-order valence-corrected chi connectivity index (χ4v) is 1.83. The lowest BCUT2D eigenvalue weighted by atomic mass is 10.0. The van der Waals surface area contributed by atoms with E-state index in [1.807, 2.05) is 0 Å². The number of nitrogens with zero attached hydrogens (tertiary/aromatic N) is 1. The van der Waals surface area contributed by atoms with Crippen molar-refractivity contribution in [2.75, 3.05) is 7.05 Å². The van der Waals surface area contributed by atoms with Crippen LogP contribution in [0, 0.1) is 0 Å². The van der Waals surface area contributed by atoms with Crippen LogP contribution in [0.2, 0.25) is 0 Å². The van der Waals surface area contributed by atoms with Crippen LogP contribution in [0.15, 0.2) is 47.5 Å². The van der Waals surface area contributed by atoms with E-state index in [4.69, 9.17) is 0 Å². The largest absolute Gasteiger partial charge is 0.433 e. The van der Waals surface area contributed by atoms with Crippen molar-refractivity contribution in [3.63, 3.8) is 0 Å². The number of alkyl halides is 3. The Morgan fingerprint density at radius 2 is 1.65 bits per heavy atom. The van der Waals surface area contributed by atoms with Crippen molar-refractivity contribution in [3.8, 4) is 0 Å². The summed E-state index contributed by atoms with van der Waals surface area (Å²) in [4.78, 5) is 3.37. The fourth-order valence-electron chi connectivity index (χ4n) is 1.83. The van der Waals surface area contributed by atoms with Crippen molar-refractivity contribution in [2.45, 2.75) is 6.18 Å². The SMILES string of the molecule is CN=C(c1cccc2ccccc12)C(F)(F)F. The van der Waals surface area contributed by atoms with Crippen molar-refractivity contribution < 1.29 is 13.2 Å². The minimum atomic E-state index is -4.43. The number of fused-ring (bicyclic) bond motifs is 1. The van der Waals surface area contributed by atoms with E-state index >= 15 is 0 Å². The normalized spacial score (nSPS) is 13.1. The lowest BCUT2D eigenvalue weighted by molar-refractivity contribution is -0.0580. The van der Waals surface area contributed by atoms with Gasteiger partial charge < -0.3 is 0 Å². The highest BCUT2D eigenvalue weighted by molar-refractivity contribution is 6.13. The standard InChI is InChI=1S/C13H10F3N/c1-17-12(13(14,15)16)11-8-4-6-9-5-2-3-7-10(9)11/h2-8H,1H3. The van der Waals surface area contributed by atoms with Crippen molar-refractivity contribution in [1.82, 2.24) is 0 Å². The summed E-state index contributed by atoms with van der Waals surface area (Å²) < 4.78 is 38.4. The van der Waals surface area contributed by atoms with Gasteiger partial charge in [-0.05, 0) is 10.8 Å². The van der Waals surface area contributed by atoms with Crippen LogP contribution in [0.1, 0.15) is 5.56 Å². The molecule has 17 heavy (non-hydrogen) atoms. The monoisotopic (exact) mass is 237 g/mol. The summed E-state index contributed by atoms with van der Waals surface area (Å²) in [5.41, 5.74) is -0.715. The van der Waals surface area contributed by atoms with Crippen LogP contribution >= 0.6 is 0 Å². The Labute approximate surface area is 96.6 Å². The second-order valence-electron chi connectivity index (χ2n) is 3.60. The highest BCUT2D eigenvalue weighted by Gasteiger charge is 2.36. The van der Waals surface area contributed by atoms with E-state index in [2.05, 4.69) is 4.99 Å². The summed E-state index contributed by atoms with van der Waals surface area (Å²) in [6.45, 7) is 0.